The second kappa shape index (κ2) is 6.92. The Hall–Kier alpha value is -3.35. The van der Waals surface area contributed by atoms with Crippen LogP contribution >= 0.6 is 0 Å². The molecule has 2 aliphatic rings. The molecule has 0 saturated heterocycles. The van der Waals surface area contributed by atoms with Gasteiger partial charge in [0.2, 0.25) is 5.91 Å². The zero-order valence-corrected chi connectivity index (χ0v) is 16.3. The van der Waals surface area contributed by atoms with Crippen molar-refractivity contribution >= 4 is 23.1 Å². The van der Waals surface area contributed by atoms with Crippen LogP contribution < -0.4 is 4.90 Å². The van der Waals surface area contributed by atoms with E-state index in [1.807, 2.05) is 13.8 Å². The topological polar surface area (TPSA) is 93.4 Å². The molecule has 0 N–H and O–H groups in total. The SMILES string of the molecule is CC1(C)CC(=O)C2=C(C1)N(c1cccnc1)C(=O)CC2c1cccc([N+](=O)[O-])c1. The monoisotopic (exact) mass is 391 g/mol. The Morgan fingerprint density at radius 2 is 1.97 bits per heavy atom. The maximum Gasteiger partial charge on any atom is 0.269 e. The molecule has 1 aliphatic carbocycles. The molecule has 7 heteroatoms. The van der Waals surface area contributed by atoms with Crippen LogP contribution in [0.2, 0.25) is 0 Å². The third kappa shape index (κ3) is 3.44. The van der Waals surface area contributed by atoms with Crippen molar-refractivity contribution in [2.75, 3.05) is 4.90 Å². The molecule has 29 heavy (non-hydrogen) atoms. The van der Waals surface area contributed by atoms with Crippen LogP contribution in [-0.2, 0) is 9.59 Å². The molecule has 0 saturated carbocycles. The average Bonchev–Trinajstić information content (AvgIpc) is 2.67. The Morgan fingerprint density at radius 3 is 2.66 bits per heavy atom. The summed E-state index contributed by atoms with van der Waals surface area (Å²) in [7, 11) is 0. The molecule has 1 amide bonds. The highest BCUT2D eigenvalue weighted by molar-refractivity contribution is 6.07. The van der Waals surface area contributed by atoms with Gasteiger partial charge in [0.05, 0.1) is 16.8 Å². The van der Waals surface area contributed by atoms with Crippen LogP contribution in [0.1, 0.15) is 44.6 Å². The highest BCUT2D eigenvalue weighted by Gasteiger charge is 2.44. The van der Waals surface area contributed by atoms with Crippen LogP contribution in [0, 0.1) is 15.5 Å². The number of ketones is 1. The van der Waals surface area contributed by atoms with E-state index in [0.717, 1.165) is 0 Å². The number of pyridine rings is 1. The molecule has 1 aromatic heterocycles. The molecule has 1 aliphatic heterocycles. The first-order chi connectivity index (χ1) is 13.8. The van der Waals surface area contributed by atoms with Gasteiger partial charge in [-0.2, -0.15) is 0 Å². The summed E-state index contributed by atoms with van der Waals surface area (Å²) in [4.78, 5) is 42.9. The number of amides is 1. The molecule has 2 aromatic rings. The van der Waals surface area contributed by atoms with Gasteiger partial charge in [-0.3, -0.25) is 29.6 Å². The van der Waals surface area contributed by atoms with Crippen molar-refractivity contribution in [3.05, 3.63) is 75.7 Å². The lowest BCUT2D eigenvalue weighted by atomic mass is 9.69. The second-order valence-electron chi connectivity index (χ2n) is 8.35. The van der Waals surface area contributed by atoms with E-state index in [1.54, 1.807) is 41.6 Å². The standard InChI is InChI=1S/C22H21N3O4/c1-22(2)11-18-21(19(26)12-22)17(14-5-3-6-15(9-14)25(28)29)10-20(27)24(18)16-7-4-8-23-13-16/h3-9,13,17H,10-12H2,1-2H3. The van der Waals surface area contributed by atoms with Gasteiger partial charge >= 0.3 is 0 Å². The molecule has 2 heterocycles. The lowest BCUT2D eigenvalue weighted by Gasteiger charge is -2.42. The van der Waals surface area contributed by atoms with Gasteiger partial charge in [0.1, 0.15) is 0 Å². The Bertz CT molecular complexity index is 1040. The molecular formula is C22H21N3O4. The normalized spacial score (nSPS) is 21.2. The van der Waals surface area contributed by atoms with Gasteiger partial charge in [-0.15, -0.1) is 0 Å². The van der Waals surface area contributed by atoms with Crippen molar-refractivity contribution in [1.82, 2.24) is 4.98 Å². The number of allylic oxidation sites excluding steroid dienone is 2. The number of benzene rings is 1. The van der Waals surface area contributed by atoms with Crippen LogP contribution in [0.3, 0.4) is 0 Å². The number of nitro groups is 1. The average molecular weight is 391 g/mol. The van der Waals surface area contributed by atoms with Gasteiger partial charge in [-0.1, -0.05) is 26.0 Å². The van der Waals surface area contributed by atoms with E-state index in [-0.39, 0.29) is 29.2 Å². The molecule has 0 spiro atoms. The number of carbonyl (C=O) groups is 2. The number of hydrogen-bond donors (Lipinski definition) is 0. The summed E-state index contributed by atoms with van der Waals surface area (Å²) < 4.78 is 0. The summed E-state index contributed by atoms with van der Waals surface area (Å²) in [5.41, 5.74) is 2.21. The molecule has 0 fully saturated rings. The minimum absolute atomic E-state index is 0.00542. The molecule has 0 radical (unpaired) electrons. The Balaban J connectivity index is 1.89. The Morgan fingerprint density at radius 1 is 1.17 bits per heavy atom. The van der Waals surface area contributed by atoms with E-state index in [4.69, 9.17) is 0 Å². The van der Waals surface area contributed by atoms with E-state index in [1.165, 1.54) is 12.1 Å². The number of nitro benzene ring substituents is 1. The first-order valence-corrected chi connectivity index (χ1v) is 9.50. The number of hydrogen-bond acceptors (Lipinski definition) is 5. The third-order valence-electron chi connectivity index (χ3n) is 5.53. The van der Waals surface area contributed by atoms with Crippen molar-refractivity contribution in [2.24, 2.45) is 5.41 Å². The molecule has 1 unspecified atom stereocenters. The van der Waals surface area contributed by atoms with E-state index < -0.39 is 10.8 Å². The number of carbonyl (C=O) groups excluding carboxylic acids is 2. The number of anilines is 1. The van der Waals surface area contributed by atoms with Crippen molar-refractivity contribution < 1.29 is 14.5 Å². The first-order valence-electron chi connectivity index (χ1n) is 9.50. The summed E-state index contributed by atoms with van der Waals surface area (Å²) >= 11 is 0. The fraction of sp³-hybridized carbons (Fsp3) is 0.318. The van der Waals surface area contributed by atoms with Crippen LogP contribution in [0.15, 0.2) is 60.1 Å². The molecule has 7 nitrogen and oxygen atoms in total. The predicted molar refractivity (Wildman–Crippen MR) is 107 cm³/mol. The molecule has 0 bridgehead atoms. The van der Waals surface area contributed by atoms with Gasteiger partial charge < -0.3 is 0 Å². The highest BCUT2D eigenvalue weighted by atomic mass is 16.6. The summed E-state index contributed by atoms with van der Waals surface area (Å²) in [6.45, 7) is 4.02. The molecule has 1 aromatic carbocycles. The Kier molecular flexibility index (Phi) is 4.53. The van der Waals surface area contributed by atoms with E-state index in [2.05, 4.69) is 4.98 Å². The van der Waals surface area contributed by atoms with E-state index in [9.17, 15) is 19.7 Å². The van der Waals surface area contributed by atoms with E-state index >= 15 is 0 Å². The van der Waals surface area contributed by atoms with Crippen LogP contribution in [-0.4, -0.2) is 21.6 Å². The number of nitrogens with zero attached hydrogens (tertiary/aromatic N) is 3. The second-order valence-corrected chi connectivity index (χ2v) is 8.35. The molecule has 148 valence electrons. The summed E-state index contributed by atoms with van der Waals surface area (Å²) in [6.07, 6.45) is 4.28. The van der Waals surface area contributed by atoms with Crippen LogP contribution in [0.5, 0.6) is 0 Å². The minimum atomic E-state index is -0.478. The quantitative estimate of drug-likeness (QED) is 0.579. The van der Waals surface area contributed by atoms with Gasteiger partial charge in [0.15, 0.2) is 5.78 Å². The zero-order valence-electron chi connectivity index (χ0n) is 16.3. The maximum absolute atomic E-state index is 13.2. The van der Waals surface area contributed by atoms with Crippen molar-refractivity contribution in [1.29, 1.82) is 0 Å². The summed E-state index contributed by atoms with van der Waals surface area (Å²) in [5, 5.41) is 11.2. The Labute approximate surface area is 168 Å². The van der Waals surface area contributed by atoms with Crippen LogP contribution in [0.25, 0.3) is 0 Å². The number of non-ortho nitro benzene ring substituents is 1. The van der Waals surface area contributed by atoms with Crippen molar-refractivity contribution in [3.8, 4) is 0 Å². The number of aromatic nitrogens is 1. The largest absolute Gasteiger partial charge is 0.294 e. The lowest BCUT2D eigenvalue weighted by molar-refractivity contribution is -0.384. The van der Waals surface area contributed by atoms with Gasteiger partial charge in [0.25, 0.3) is 5.69 Å². The van der Waals surface area contributed by atoms with Gasteiger partial charge in [0, 0.05) is 48.4 Å². The highest BCUT2D eigenvalue weighted by Crippen LogP contribution is 2.48. The van der Waals surface area contributed by atoms with Crippen molar-refractivity contribution in [2.45, 2.75) is 39.0 Å². The first kappa shape index (κ1) is 19.0. The minimum Gasteiger partial charge on any atom is -0.294 e. The maximum atomic E-state index is 13.2. The van der Waals surface area contributed by atoms with Crippen molar-refractivity contribution in [3.63, 3.8) is 0 Å². The zero-order chi connectivity index (χ0) is 20.8. The molecule has 4 rings (SSSR count). The summed E-state index contributed by atoms with van der Waals surface area (Å²) in [6, 6.07) is 9.79. The molecule has 1 atom stereocenters. The fourth-order valence-electron chi connectivity index (χ4n) is 4.34. The number of Topliss-reactive ketones (excluding diaryl/α,β-unsaturated/α-hetero) is 1. The van der Waals surface area contributed by atoms with Crippen LogP contribution in [0.4, 0.5) is 11.4 Å². The predicted octanol–water partition coefficient (Wildman–Crippen LogP) is 4.15. The smallest absolute Gasteiger partial charge is 0.269 e. The molecular weight excluding hydrogens is 370 g/mol. The number of rotatable bonds is 3. The fourth-order valence-corrected chi connectivity index (χ4v) is 4.34. The lowest BCUT2D eigenvalue weighted by Crippen LogP contribution is -2.43. The van der Waals surface area contributed by atoms with E-state index in [0.29, 0.717) is 35.4 Å². The third-order valence-corrected chi connectivity index (χ3v) is 5.53. The summed E-state index contributed by atoms with van der Waals surface area (Å²) in [5.74, 6) is -0.623. The van der Waals surface area contributed by atoms with Gasteiger partial charge in [-0.05, 0) is 29.5 Å². The van der Waals surface area contributed by atoms with Gasteiger partial charge in [-0.25, -0.2) is 0 Å².